The number of ether oxygens (including phenoxy) is 1. The van der Waals surface area contributed by atoms with Crippen molar-refractivity contribution in [2.24, 2.45) is 0 Å². The number of anilines is 1. The van der Waals surface area contributed by atoms with Gasteiger partial charge in [0, 0.05) is 17.8 Å². The van der Waals surface area contributed by atoms with Crippen LogP contribution in [0.4, 0.5) is 5.69 Å². The largest absolute Gasteiger partial charge is 0.489 e. The van der Waals surface area contributed by atoms with Gasteiger partial charge in [0.1, 0.15) is 12.4 Å². The van der Waals surface area contributed by atoms with Gasteiger partial charge in [-0.15, -0.1) is 12.4 Å². The standard InChI is InChI=1S/C14H19NO.ClH/c1-2-10-16-14-9-5-8-13(11-14)15-12-6-3-4-7-12;/h2,5,8-9,11-12,15H,1,3-4,6-7,10H2;1H. The molecule has 17 heavy (non-hydrogen) atoms. The average molecular weight is 254 g/mol. The molecule has 2 rings (SSSR count). The molecule has 0 heterocycles. The first-order valence-corrected chi connectivity index (χ1v) is 5.99. The number of benzene rings is 1. The number of rotatable bonds is 5. The van der Waals surface area contributed by atoms with Gasteiger partial charge in [-0.3, -0.25) is 0 Å². The van der Waals surface area contributed by atoms with E-state index in [1.807, 2.05) is 12.1 Å². The number of nitrogens with one attached hydrogen (secondary N) is 1. The molecule has 0 amide bonds. The average Bonchev–Trinajstić information content (AvgIpc) is 2.80. The Bertz CT molecular complexity index is 348. The maximum Gasteiger partial charge on any atom is 0.121 e. The van der Waals surface area contributed by atoms with E-state index in [2.05, 4.69) is 24.0 Å². The molecule has 1 fully saturated rings. The maximum atomic E-state index is 5.50. The summed E-state index contributed by atoms with van der Waals surface area (Å²) in [6.07, 6.45) is 7.04. The lowest BCUT2D eigenvalue weighted by Crippen LogP contribution is -2.14. The fourth-order valence-electron chi connectivity index (χ4n) is 2.14. The molecular weight excluding hydrogens is 234 g/mol. The van der Waals surface area contributed by atoms with Crippen molar-refractivity contribution in [2.75, 3.05) is 11.9 Å². The van der Waals surface area contributed by atoms with Crippen LogP contribution in [0.25, 0.3) is 0 Å². The van der Waals surface area contributed by atoms with Crippen LogP contribution in [0.2, 0.25) is 0 Å². The highest BCUT2D eigenvalue weighted by Crippen LogP contribution is 2.24. The topological polar surface area (TPSA) is 21.3 Å². The summed E-state index contributed by atoms with van der Waals surface area (Å²) in [5.74, 6) is 0.905. The van der Waals surface area contributed by atoms with Gasteiger partial charge in [-0.2, -0.15) is 0 Å². The van der Waals surface area contributed by atoms with Crippen LogP contribution in [0.5, 0.6) is 5.75 Å². The van der Waals surface area contributed by atoms with Crippen LogP contribution < -0.4 is 10.1 Å². The smallest absolute Gasteiger partial charge is 0.121 e. The molecule has 1 aliphatic rings. The van der Waals surface area contributed by atoms with Crippen molar-refractivity contribution in [1.29, 1.82) is 0 Å². The second-order valence-electron chi connectivity index (χ2n) is 4.25. The van der Waals surface area contributed by atoms with Crippen LogP contribution in [0.3, 0.4) is 0 Å². The molecule has 1 aromatic rings. The summed E-state index contributed by atoms with van der Waals surface area (Å²) < 4.78 is 5.50. The van der Waals surface area contributed by atoms with Crippen molar-refractivity contribution in [2.45, 2.75) is 31.7 Å². The summed E-state index contributed by atoms with van der Waals surface area (Å²) in [7, 11) is 0. The van der Waals surface area contributed by atoms with Crippen LogP contribution in [0.15, 0.2) is 36.9 Å². The van der Waals surface area contributed by atoms with Crippen molar-refractivity contribution in [1.82, 2.24) is 0 Å². The number of halogens is 1. The monoisotopic (exact) mass is 253 g/mol. The van der Waals surface area contributed by atoms with E-state index in [-0.39, 0.29) is 12.4 Å². The highest BCUT2D eigenvalue weighted by Gasteiger charge is 2.14. The second-order valence-corrected chi connectivity index (χ2v) is 4.25. The first-order chi connectivity index (χ1) is 7.88. The molecule has 0 spiro atoms. The van der Waals surface area contributed by atoms with Gasteiger partial charge in [0.15, 0.2) is 0 Å². The molecule has 1 saturated carbocycles. The highest BCUT2D eigenvalue weighted by molar-refractivity contribution is 5.85. The Morgan fingerprint density at radius 3 is 2.82 bits per heavy atom. The molecule has 1 N–H and O–H groups in total. The van der Waals surface area contributed by atoms with Crippen LogP contribution >= 0.6 is 12.4 Å². The van der Waals surface area contributed by atoms with Gasteiger partial charge in [-0.25, -0.2) is 0 Å². The molecule has 0 unspecified atom stereocenters. The van der Waals surface area contributed by atoms with Gasteiger partial charge < -0.3 is 10.1 Å². The van der Waals surface area contributed by atoms with E-state index < -0.39 is 0 Å². The lowest BCUT2D eigenvalue weighted by Gasteiger charge is -2.14. The zero-order valence-corrected chi connectivity index (χ0v) is 10.8. The minimum Gasteiger partial charge on any atom is -0.489 e. The minimum atomic E-state index is 0. The highest BCUT2D eigenvalue weighted by atomic mass is 35.5. The third-order valence-corrected chi connectivity index (χ3v) is 2.93. The molecule has 0 bridgehead atoms. The third-order valence-electron chi connectivity index (χ3n) is 2.93. The lowest BCUT2D eigenvalue weighted by atomic mass is 10.2. The van der Waals surface area contributed by atoms with Crippen molar-refractivity contribution >= 4 is 18.1 Å². The molecule has 0 saturated heterocycles. The Labute approximate surface area is 109 Å². The summed E-state index contributed by atoms with van der Waals surface area (Å²) >= 11 is 0. The van der Waals surface area contributed by atoms with Crippen molar-refractivity contribution in [3.8, 4) is 5.75 Å². The van der Waals surface area contributed by atoms with Gasteiger partial charge >= 0.3 is 0 Å². The normalized spacial score (nSPS) is 15.1. The van der Waals surface area contributed by atoms with Gasteiger partial charge in [0.05, 0.1) is 0 Å². The van der Waals surface area contributed by atoms with E-state index >= 15 is 0 Å². The third kappa shape index (κ3) is 4.31. The first kappa shape index (κ1) is 13.9. The zero-order valence-electron chi connectivity index (χ0n) is 10.0. The van der Waals surface area contributed by atoms with Crippen LogP contribution in [-0.4, -0.2) is 12.6 Å². The summed E-state index contributed by atoms with van der Waals surface area (Å²) in [6.45, 7) is 4.20. The van der Waals surface area contributed by atoms with Crippen molar-refractivity contribution in [3.05, 3.63) is 36.9 Å². The second kappa shape index (κ2) is 7.23. The van der Waals surface area contributed by atoms with Crippen LogP contribution in [0, 0.1) is 0 Å². The summed E-state index contributed by atoms with van der Waals surface area (Å²) in [5.41, 5.74) is 1.16. The van der Waals surface area contributed by atoms with E-state index in [1.54, 1.807) is 6.08 Å². The number of hydrogen-bond acceptors (Lipinski definition) is 2. The predicted octanol–water partition coefficient (Wildman–Crippen LogP) is 4.03. The van der Waals surface area contributed by atoms with Crippen LogP contribution in [-0.2, 0) is 0 Å². The maximum absolute atomic E-state index is 5.50. The Kier molecular flexibility index (Phi) is 5.92. The fourth-order valence-corrected chi connectivity index (χ4v) is 2.14. The van der Waals surface area contributed by atoms with Crippen molar-refractivity contribution in [3.63, 3.8) is 0 Å². The lowest BCUT2D eigenvalue weighted by molar-refractivity contribution is 0.363. The minimum absolute atomic E-state index is 0. The molecule has 2 nitrogen and oxygen atoms in total. The molecule has 0 aliphatic heterocycles. The van der Waals surface area contributed by atoms with E-state index in [0.29, 0.717) is 12.6 Å². The van der Waals surface area contributed by atoms with Crippen LogP contribution in [0.1, 0.15) is 25.7 Å². The quantitative estimate of drug-likeness (QED) is 0.800. The molecule has 0 atom stereocenters. The Morgan fingerprint density at radius 1 is 1.35 bits per heavy atom. The Morgan fingerprint density at radius 2 is 2.12 bits per heavy atom. The summed E-state index contributed by atoms with van der Waals surface area (Å²) in [6, 6.07) is 8.80. The summed E-state index contributed by atoms with van der Waals surface area (Å²) in [4.78, 5) is 0. The SMILES string of the molecule is C=CCOc1cccc(NC2CCCC2)c1.Cl. The molecule has 0 aromatic heterocycles. The Hall–Kier alpha value is -1.15. The van der Waals surface area contributed by atoms with Gasteiger partial charge in [-0.1, -0.05) is 31.6 Å². The van der Waals surface area contributed by atoms with E-state index in [9.17, 15) is 0 Å². The number of hydrogen-bond donors (Lipinski definition) is 1. The molecule has 1 aromatic carbocycles. The van der Waals surface area contributed by atoms with E-state index in [0.717, 1.165) is 11.4 Å². The van der Waals surface area contributed by atoms with E-state index in [1.165, 1.54) is 25.7 Å². The molecule has 94 valence electrons. The van der Waals surface area contributed by atoms with Gasteiger partial charge in [0.2, 0.25) is 0 Å². The predicted molar refractivity (Wildman–Crippen MR) is 75.3 cm³/mol. The van der Waals surface area contributed by atoms with E-state index in [4.69, 9.17) is 4.74 Å². The molecule has 0 radical (unpaired) electrons. The van der Waals surface area contributed by atoms with Gasteiger partial charge in [0.25, 0.3) is 0 Å². The summed E-state index contributed by atoms with van der Waals surface area (Å²) in [5, 5.41) is 3.55. The fraction of sp³-hybridized carbons (Fsp3) is 0.429. The zero-order chi connectivity index (χ0) is 11.2. The molecular formula is C14H20ClNO. The van der Waals surface area contributed by atoms with Gasteiger partial charge in [-0.05, 0) is 25.0 Å². The molecule has 3 heteroatoms. The van der Waals surface area contributed by atoms with Crippen molar-refractivity contribution < 1.29 is 4.74 Å². The molecule has 1 aliphatic carbocycles. The Balaban J connectivity index is 0.00000144. The first-order valence-electron chi connectivity index (χ1n) is 5.99.